The van der Waals surface area contributed by atoms with Crippen LogP contribution >= 0.6 is 0 Å². The topological polar surface area (TPSA) is 118 Å². The molecule has 3 aromatic rings. The Kier molecular flexibility index (Phi) is 6.65. The summed E-state index contributed by atoms with van der Waals surface area (Å²) in [6.07, 6.45) is -2.42. The van der Waals surface area contributed by atoms with Gasteiger partial charge in [0, 0.05) is 24.0 Å². The maximum atomic E-state index is 13.6. The van der Waals surface area contributed by atoms with Gasteiger partial charge in [0.15, 0.2) is 5.03 Å². The lowest BCUT2D eigenvalue weighted by atomic mass is 9.97. The number of carbonyl (C=O) groups excluding carboxylic acids is 1. The average molecular weight is 534 g/mol. The molecule has 3 heterocycles. The number of halogens is 3. The van der Waals surface area contributed by atoms with Crippen molar-refractivity contribution < 1.29 is 26.4 Å². The van der Waals surface area contributed by atoms with E-state index in [9.17, 15) is 26.4 Å². The molecule has 0 spiro atoms. The number of benzene rings is 1. The van der Waals surface area contributed by atoms with Gasteiger partial charge >= 0.3 is 6.18 Å². The molecule has 0 aliphatic carbocycles. The van der Waals surface area contributed by atoms with Gasteiger partial charge in [-0.15, -0.1) is 0 Å². The van der Waals surface area contributed by atoms with E-state index in [2.05, 4.69) is 22.2 Å². The summed E-state index contributed by atoms with van der Waals surface area (Å²) in [6.45, 7) is 6.58. The fourth-order valence-corrected chi connectivity index (χ4v) is 6.12. The van der Waals surface area contributed by atoms with Crippen molar-refractivity contribution in [1.82, 2.24) is 9.97 Å². The number of amides is 1. The van der Waals surface area contributed by atoms with Crippen LogP contribution in [0.2, 0.25) is 0 Å². The molecule has 8 nitrogen and oxygen atoms in total. The zero-order chi connectivity index (χ0) is 27.2. The lowest BCUT2D eigenvalue weighted by Gasteiger charge is -2.33. The van der Waals surface area contributed by atoms with Gasteiger partial charge in [-0.2, -0.15) is 13.2 Å². The lowest BCUT2D eigenvalue weighted by molar-refractivity contribution is -0.137. The molecule has 3 N–H and O–H groups in total. The number of aromatic nitrogens is 2. The molecule has 12 heteroatoms. The minimum absolute atomic E-state index is 0.00445. The number of nitrogens with zero attached hydrogens (tertiary/aromatic N) is 3. The summed E-state index contributed by atoms with van der Waals surface area (Å²) in [4.78, 5) is 22.5. The van der Waals surface area contributed by atoms with E-state index in [1.54, 1.807) is 0 Å². The van der Waals surface area contributed by atoms with Crippen molar-refractivity contribution in [3.05, 3.63) is 65.9 Å². The Morgan fingerprint density at radius 2 is 1.86 bits per heavy atom. The summed E-state index contributed by atoms with van der Waals surface area (Å²) < 4.78 is 66.5. The third-order valence-corrected chi connectivity index (χ3v) is 7.92. The van der Waals surface area contributed by atoms with E-state index >= 15 is 0 Å². The molecule has 1 amide bonds. The van der Waals surface area contributed by atoms with Crippen LogP contribution in [0.5, 0.6) is 0 Å². The third-order valence-electron chi connectivity index (χ3n) is 6.22. The Morgan fingerprint density at radius 1 is 1.16 bits per heavy atom. The highest BCUT2D eigenvalue weighted by molar-refractivity contribution is 7.91. The SMILES string of the molecule is CC1CN(c2nccc(S(=O)(=O)c3cccc(Nc4cccc(C(F)(F)F)c4)n3)c2C(N)=O)C(C)(C)C1. The van der Waals surface area contributed by atoms with Crippen molar-refractivity contribution in [2.45, 2.75) is 48.8 Å². The van der Waals surface area contributed by atoms with Gasteiger partial charge < -0.3 is 16.0 Å². The second-order valence-electron chi connectivity index (χ2n) is 9.67. The monoisotopic (exact) mass is 533 g/mol. The summed E-state index contributed by atoms with van der Waals surface area (Å²) in [6, 6.07) is 9.69. The van der Waals surface area contributed by atoms with E-state index in [4.69, 9.17) is 5.73 Å². The van der Waals surface area contributed by atoms with Gasteiger partial charge in [0.05, 0.1) is 10.5 Å². The first-order valence-electron chi connectivity index (χ1n) is 11.4. The first kappa shape index (κ1) is 26.4. The van der Waals surface area contributed by atoms with Gasteiger partial charge in [-0.05, 0) is 62.6 Å². The second kappa shape index (κ2) is 9.33. The van der Waals surface area contributed by atoms with Crippen LogP contribution in [0, 0.1) is 5.92 Å². The molecule has 0 radical (unpaired) electrons. The smallest absolute Gasteiger partial charge is 0.365 e. The van der Waals surface area contributed by atoms with E-state index in [0.29, 0.717) is 6.54 Å². The van der Waals surface area contributed by atoms with Crippen LogP contribution in [-0.4, -0.2) is 36.4 Å². The summed E-state index contributed by atoms with van der Waals surface area (Å²) in [5.74, 6) is -0.473. The minimum Gasteiger partial charge on any atom is -0.365 e. The van der Waals surface area contributed by atoms with E-state index in [1.165, 1.54) is 42.6 Å². The quantitative estimate of drug-likeness (QED) is 0.467. The molecule has 1 atom stereocenters. The summed E-state index contributed by atoms with van der Waals surface area (Å²) >= 11 is 0. The number of pyridine rings is 2. The number of rotatable bonds is 6. The highest BCUT2D eigenvalue weighted by Gasteiger charge is 2.40. The largest absolute Gasteiger partial charge is 0.416 e. The van der Waals surface area contributed by atoms with E-state index < -0.39 is 32.5 Å². The van der Waals surface area contributed by atoms with Crippen molar-refractivity contribution in [3.63, 3.8) is 0 Å². The number of anilines is 3. The van der Waals surface area contributed by atoms with Crippen LogP contribution < -0.4 is 16.0 Å². The zero-order valence-corrected chi connectivity index (χ0v) is 21.2. The van der Waals surface area contributed by atoms with Gasteiger partial charge in [-0.25, -0.2) is 18.4 Å². The number of nitrogens with two attached hydrogens (primary N) is 1. The molecular weight excluding hydrogens is 507 g/mol. The highest BCUT2D eigenvalue weighted by Crippen LogP contribution is 2.39. The van der Waals surface area contributed by atoms with E-state index in [-0.39, 0.29) is 39.2 Å². The number of carbonyl (C=O) groups is 1. The molecule has 37 heavy (non-hydrogen) atoms. The van der Waals surface area contributed by atoms with Crippen molar-refractivity contribution in [3.8, 4) is 0 Å². The average Bonchev–Trinajstić information content (AvgIpc) is 3.09. The van der Waals surface area contributed by atoms with Crippen molar-refractivity contribution >= 4 is 33.1 Å². The molecule has 1 aliphatic rings. The van der Waals surface area contributed by atoms with Crippen LogP contribution in [-0.2, 0) is 16.0 Å². The maximum Gasteiger partial charge on any atom is 0.416 e. The lowest BCUT2D eigenvalue weighted by Crippen LogP contribution is -2.40. The molecular formula is C25H26F3N5O3S. The van der Waals surface area contributed by atoms with Crippen LogP contribution in [0.15, 0.2) is 64.6 Å². The van der Waals surface area contributed by atoms with Crippen LogP contribution in [0.3, 0.4) is 0 Å². The van der Waals surface area contributed by atoms with Crippen molar-refractivity contribution in [2.75, 3.05) is 16.8 Å². The van der Waals surface area contributed by atoms with Gasteiger partial charge in [-0.1, -0.05) is 19.1 Å². The Morgan fingerprint density at radius 3 is 2.49 bits per heavy atom. The number of hydrogen-bond acceptors (Lipinski definition) is 7. The molecule has 1 unspecified atom stereocenters. The normalized spacial score (nSPS) is 17.6. The number of primary amides is 1. The summed E-state index contributed by atoms with van der Waals surface area (Å²) in [5.41, 5.74) is 4.26. The highest BCUT2D eigenvalue weighted by atomic mass is 32.2. The Bertz CT molecular complexity index is 1460. The molecule has 4 rings (SSSR count). The predicted octanol–water partition coefficient (Wildman–Crippen LogP) is 4.80. The first-order valence-corrected chi connectivity index (χ1v) is 12.9. The Balaban J connectivity index is 1.75. The van der Waals surface area contributed by atoms with Crippen molar-refractivity contribution in [2.24, 2.45) is 11.7 Å². The second-order valence-corrected chi connectivity index (χ2v) is 11.5. The van der Waals surface area contributed by atoms with Crippen LogP contribution in [0.1, 0.15) is 43.1 Å². The van der Waals surface area contributed by atoms with Gasteiger partial charge in [0.1, 0.15) is 17.2 Å². The minimum atomic E-state index is -4.54. The van der Waals surface area contributed by atoms with E-state index in [1.807, 2.05) is 18.7 Å². The molecule has 1 saturated heterocycles. The summed E-state index contributed by atoms with van der Waals surface area (Å²) in [7, 11) is -4.36. The van der Waals surface area contributed by atoms with Gasteiger partial charge in [-0.3, -0.25) is 4.79 Å². The Labute approximate surface area is 212 Å². The van der Waals surface area contributed by atoms with Crippen LogP contribution in [0.4, 0.5) is 30.5 Å². The van der Waals surface area contributed by atoms with Gasteiger partial charge in [0.2, 0.25) is 9.84 Å². The standard InChI is InChI=1S/C25H26F3N5O3S/c1-15-13-24(2,3)33(14-15)23-21(22(29)34)18(10-11-30-23)37(35,36)20-9-5-8-19(32-20)31-17-7-4-6-16(12-17)25(26,27)28/h4-12,15H,13-14H2,1-3H3,(H2,29,34)(H,31,32). The number of sulfone groups is 1. The number of nitrogens with one attached hydrogen (secondary N) is 1. The number of hydrogen-bond donors (Lipinski definition) is 2. The molecule has 0 saturated carbocycles. The molecule has 0 bridgehead atoms. The molecule has 1 aromatic carbocycles. The first-order chi connectivity index (χ1) is 17.2. The fraction of sp³-hybridized carbons (Fsp3) is 0.320. The predicted molar refractivity (Wildman–Crippen MR) is 132 cm³/mol. The summed E-state index contributed by atoms with van der Waals surface area (Å²) in [5, 5.41) is 2.30. The Hall–Kier alpha value is -3.67. The number of alkyl halides is 3. The molecule has 1 fully saturated rings. The molecule has 2 aromatic heterocycles. The maximum absolute atomic E-state index is 13.6. The fourth-order valence-electron chi connectivity index (χ4n) is 4.72. The third kappa shape index (κ3) is 5.24. The molecule has 196 valence electrons. The van der Waals surface area contributed by atoms with Crippen molar-refractivity contribution in [1.29, 1.82) is 0 Å². The zero-order valence-electron chi connectivity index (χ0n) is 20.4. The molecule has 1 aliphatic heterocycles. The van der Waals surface area contributed by atoms with Crippen LogP contribution in [0.25, 0.3) is 0 Å². The van der Waals surface area contributed by atoms with Gasteiger partial charge in [0.25, 0.3) is 5.91 Å². The van der Waals surface area contributed by atoms with E-state index in [0.717, 1.165) is 18.6 Å².